The molecular formula is C22H29N3O4. The van der Waals surface area contributed by atoms with E-state index in [1.807, 2.05) is 11.0 Å². The van der Waals surface area contributed by atoms with Crippen LogP contribution in [0.1, 0.15) is 56.7 Å². The fraction of sp³-hybridized carbons (Fsp3) is 0.682. The summed E-state index contributed by atoms with van der Waals surface area (Å²) >= 11 is 0. The number of aliphatic hydroxyl groups excluding tert-OH is 1. The summed E-state index contributed by atoms with van der Waals surface area (Å²) in [4.78, 5) is 40.9. The van der Waals surface area contributed by atoms with E-state index in [0.29, 0.717) is 18.9 Å². The lowest BCUT2D eigenvalue weighted by Gasteiger charge is -2.38. The first-order chi connectivity index (χ1) is 14.1. The van der Waals surface area contributed by atoms with Gasteiger partial charge in [0.25, 0.3) is 5.56 Å². The molecule has 2 aliphatic heterocycles. The van der Waals surface area contributed by atoms with Gasteiger partial charge in [-0.1, -0.05) is 18.9 Å². The molecule has 0 aromatic carbocycles. The van der Waals surface area contributed by atoms with Gasteiger partial charge in [-0.15, -0.1) is 0 Å². The highest BCUT2D eigenvalue weighted by Crippen LogP contribution is 2.49. The molecule has 1 saturated heterocycles. The van der Waals surface area contributed by atoms with Gasteiger partial charge in [-0.05, 0) is 37.7 Å². The van der Waals surface area contributed by atoms with Crippen molar-refractivity contribution in [1.82, 2.24) is 14.8 Å². The van der Waals surface area contributed by atoms with Crippen LogP contribution in [0.5, 0.6) is 0 Å². The minimum atomic E-state index is -0.524. The number of carbonyl (C=O) groups excluding carboxylic acids is 2. The molecule has 156 valence electrons. The molecule has 29 heavy (non-hydrogen) atoms. The first-order valence-corrected chi connectivity index (χ1v) is 11.0. The molecule has 2 N–H and O–H groups in total. The summed E-state index contributed by atoms with van der Waals surface area (Å²) in [6.07, 6.45) is 6.87. The molecule has 4 aliphatic rings. The van der Waals surface area contributed by atoms with Gasteiger partial charge in [-0.3, -0.25) is 14.4 Å². The zero-order chi connectivity index (χ0) is 20.1. The molecule has 1 aromatic rings. The number of nitrogens with one attached hydrogen (secondary N) is 1. The molecule has 3 heterocycles. The summed E-state index contributed by atoms with van der Waals surface area (Å²) < 4.78 is 1.70. The predicted octanol–water partition coefficient (Wildman–Crippen LogP) is 1.20. The van der Waals surface area contributed by atoms with Crippen LogP contribution in [-0.2, 0) is 16.1 Å². The van der Waals surface area contributed by atoms with Gasteiger partial charge in [-0.2, -0.15) is 0 Å². The molecule has 0 radical (unpaired) electrons. The molecule has 3 fully saturated rings. The Labute approximate surface area is 170 Å². The van der Waals surface area contributed by atoms with Crippen molar-refractivity contribution in [2.45, 2.75) is 69.6 Å². The van der Waals surface area contributed by atoms with Crippen molar-refractivity contribution < 1.29 is 14.7 Å². The van der Waals surface area contributed by atoms with Crippen molar-refractivity contribution in [3.05, 3.63) is 34.2 Å². The highest BCUT2D eigenvalue weighted by molar-refractivity contribution is 5.84. The topological polar surface area (TPSA) is 91.6 Å². The third-order valence-corrected chi connectivity index (χ3v) is 7.37. The Morgan fingerprint density at radius 1 is 1.14 bits per heavy atom. The Balaban J connectivity index is 1.53. The zero-order valence-corrected chi connectivity index (χ0v) is 16.6. The molecule has 2 amide bonds. The Bertz CT molecular complexity index is 871. The van der Waals surface area contributed by atoms with Crippen molar-refractivity contribution in [2.75, 3.05) is 6.61 Å². The second-order valence-electron chi connectivity index (χ2n) is 9.22. The summed E-state index contributed by atoms with van der Waals surface area (Å²) in [6, 6.07) is 4.46. The van der Waals surface area contributed by atoms with Crippen molar-refractivity contribution in [1.29, 1.82) is 0 Å². The van der Waals surface area contributed by atoms with Crippen LogP contribution in [0.4, 0.5) is 0 Å². The van der Waals surface area contributed by atoms with Crippen LogP contribution in [0, 0.1) is 17.8 Å². The number of hydrogen-bond donors (Lipinski definition) is 2. The highest BCUT2D eigenvalue weighted by atomic mass is 16.3. The summed E-state index contributed by atoms with van der Waals surface area (Å²) in [5.41, 5.74) is 0.612. The summed E-state index contributed by atoms with van der Waals surface area (Å²) in [5, 5.41) is 13.4. The molecule has 0 spiro atoms. The smallest absolute Gasteiger partial charge is 0.250 e. The Morgan fingerprint density at radius 2 is 1.90 bits per heavy atom. The molecule has 7 heteroatoms. The van der Waals surface area contributed by atoms with E-state index in [2.05, 4.69) is 5.32 Å². The Kier molecular flexibility index (Phi) is 4.73. The van der Waals surface area contributed by atoms with Crippen molar-refractivity contribution >= 4 is 11.8 Å². The minimum absolute atomic E-state index is 0.0552. The molecule has 4 atom stereocenters. The van der Waals surface area contributed by atoms with Crippen LogP contribution in [-0.4, -0.2) is 45.1 Å². The van der Waals surface area contributed by atoms with Gasteiger partial charge in [0.15, 0.2) is 0 Å². The Hall–Kier alpha value is -2.15. The van der Waals surface area contributed by atoms with E-state index in [4.69, 9.17) is 0 Å². The maximum Gasteiger partial charge on any atom is 0.250 e. The third kappa shape index (κ3) is 3.19. The van der Waals surface area contributed by atoms with E-state index in [0.717, 1.165) is 44.2 Å². The standard InChI is InChI=1S/C22H29N3O4/c26-12-15-17-11-24-16(6-3-7-18(24)27)21(25(17)19(28)10-13-8-9-13)20(15)22(29)23-14-4-1-2-5-14/h3,6-7,13-15,17,20-21,26H,1-2,4-5,8-12H2,(H,23,29)/t15-,17-,20+,21+/m1/s1. The number of hydrogen-bond acceptors (Lipinski definition) is 4. The van der Waals surface area contributed by atoms with Crippen LogP contribution in [0.15, 0.2) is 23.0 Å². The number of fused-ring (bicyclic) bond motifs is 4. The van der Waals surface area contributed by atoms with Gasteiger partial charge in [0.2, 0.25) is 11.8 Å². The zero-order valence-electron chi connectivity index (χ0n) is 16.6. The van der Waals surface area contributed by atoms with E-state index >= 15 is 0 Å². The molecule has 1 aromatic heterocycles. The molecule has 2 aliphatic carbocycles. The fourth-order valence-electron chi connectivity index (χ4n) is 5.74. The van der Waals surface area contributed by atoms with Crippen molar-refractivity contribution in [2.24, 2.45) is 17.8 Å². The maximum absolute atomic E-state index is 13.4. The molecule has 2 bridgehead atoms. The second-order valence-corrected chi connectivity index (χ2v) is 9.22. The highest BCUT2D eigenvalue weighted by Gasteiger charge is 2.57. The van der Waals surface area contributed by atoms with Crippen LogP contribution in [0.2, 0.25) is 0 Å². The number of pyridine rings is 1. The first kappa shape index (κ1) is 18.9. The molecular weight excluding hydrogens is 370 g/mol. The normalized spacial score (nSPS) is 31.0. The molecule has 0 unspecified atom stereocenters. The van der Waals surface area contributed by atoms with Gasteiger partial charge < -0.3 is 19.9 Å². The summed E-state index contributed by atoms with van der Waals surface area (Å²) in [5.74, 6) is -0.467. The SMILES string of the molecule is O=C(NC1CCCC1)[C@H]1[C@H](CO)[C@H]2Cn3c(cccc3=O)[C@@H]1N2C(=O)CC1CC1. The largest absolute Gasteiger partial charge is 0.396 e. The van der Waals surface area contributed by atoms with Crippen LogP contribution in [0.25, 0.3) is 0 Å². The van der Waals surface area contributed by atoms with Crippen LogP contribution >= 0.6 is 0 Å². The van der Waals surface area contributed by atoms with E-state index in [9.17, 15) is 19.5 Å². The van der Waals surface area contributed by atoms with E-state index in [1.54, 1.807) is 10.6 Å². The number of amides is 2. The number of nitrogens with zero attached hydrogens (tertiary/aromatic N) is 2. The van der Waals surface area contributed by atoms with E-state index in [-0.39, 0.29) is 42.0 Å². The molecule has 5 rings (SSSR count). The first-order valence-electron chi connectivity index (χ1n) is 11.0. The third-order valence-electron chi connectivity index (χ3n) is 7.37. The maximum atomic E-state index is 13.4. The van der Waals surface area contributed by atoms with Crippen LogP contribution < -0.4 is 10.9 Å². The monoisotopic (exact) mass is 399 g/mol. The van der Waals surface area contributed by atoms with E-state index in [1.165, 1.54) is 6.07 Å². The predicted molar refractivity (Wildman–Crippen MR) is 106 cm³/mol. The van der Waals surface area contributed by atoms with Gasteiger partial charge in [0.1, 0.15) is 0 Å². The number of rotatable bonds is 5. The van der Waals surface area contributed by atoms with Gasteiger partial charge in [-0.25, -0.2) is 0 Å². The van der Waals surface area contributed by atoms with E-state index < -0.39 is 12.0 Å². The average molecular weight is 399 g/mol. The number of aromatic nitrogens is 1. The molecule has 7 nitrogen and oxygen atoms in total. The summed E-state index contributed by atoms with van der Waals surface area (Å²) in [7, 11) is 0. The lowest BCUT2D eigenvalue weighted by molar-refractivity contribution is -0.137. The lowest BCUT2D eigenvalue weighted by atomic mass is 9.86. The Morgan fingerprint density at radius 3 is 2.59 bits per heavy atom. The minimum Gasteiger partial charge on any atom is -0.396 e. The van der Waals surface area contributed by atoms with Gasteiger partial charge >= 0.3 is 0 Å². The van der Waals surface area contributed by atoms with Crippen molar-refractivity contribution in [3.63, 3.8) is 0 Å². The number of carbonyl (C=O) groups is 2. The second kappa shape index (κ2) is 7.27. The lowest BCUT2D eigenvalue weighted by Crippen LogP contribution is -2.49. The quantitative estimate of drug-likeness (QED) is 0.778. The van der Waals surface area contributed by atoms with Gasteiger partial charge in [0.05, 0.1) is 18.0 Å². The number of aliphatic hydroxyl groups is 1. The summed E-state index contributed by atoms with van der Waals surface area (Å²) in [6.45, 7) is 0.181. The fourth-order valence-corrected chi connectivity index (χ4v) is 5.74. The average Bonchev–Trinajstić information content (AvgIpc) is 3.29. The van der Waals surface area contributed by atoms with Crippen LogP contribution in [0.3, 0.4) is 0 Å². The van der Waals surface area contributed by atoms with Crippen molar-refractivity contribution in [3.8, 4) is 0 Å². The molecule has 2 saturated carbocycles. The van der Waals surface area contributed by atoms with Gasteiger partial charge in [0, 0.05) is 43.3 Å².